The molecule has 1 aliphatic heterocycles. The van der Waals surface area contributed by atoms with Gasteiger partial charge in [-0.15, -0.1) is 0 Å². The van der Waals surface area contributed by atoms with Crippen molar-refractivity contribution in [1.29, 1.82) is 0 Å². The second-order valence-electron chi connectivity index (χ2n) is 5.98. The average Bonchev–Trinajstić information content (AvgIpc) is 2.89. The van der Waals surface area contributed by atoms with E-state index >= 15 is 0 Å². The topological polar surface area (TPSA) is 30.3 Å². The zero-order valence-corrected chi connectivity index (χ0v) is 13.4. The fraction of sp³-hybridized carbons (Fsp3) is 0.471. The van der Waals surface area contributed by atoms with E-state index in [1.807, 2.05) is 24.9 Å². The molecule has 0 amide bonds. The molecule has 2 aromatic rings. The molecule has 0 spiro atoms. The van der Waals surface area contributed by atoms with E-state index in [9.17, 15) is 8.78 Å². The molecule has 0 bridgehead atoms. The summed E-state index contributed by atoms with van der Waals surface area (Å²) in [5, 5.41) is 4.52. The minimum atomic E-state index is -0.811. The van der Waals surface area contributed by atoms with Crippen molar-refractivity contribution in [2.24, 2.45) is 7.05 Å². The van der Waals surface area contributed by atoms with Gasteiger partial charge in [0.15, 0.2) is 11.6 Å². The number of rotatable bonds is 5. The van der Waals surface area contributed by atoms with Gasteiger partial charge in [-0.3, -0.25) is 9.58 Å². The molecule has 23 heavy (non-hydrogen) atoms. The van der Waals surface area contributed by atoms with Crippen LogP contribution < -0.4 is 0 Å². The Kier molecular flexibility index (Phi) is 4.73. The van der Waals surface area contributed by atoms with E-state index in [1.165, 1.54) is 17.7 Å². The molecule has 6 heteroatoms. The van der Waals surface area contributed by atoms with Gasteiger partial charge in [0.2, 0.25) is 0 Å². The minimum absolute atomic E-state index is 0.248. The largest absolute Gasteiger partial charge is 0.381 e. The summed E-state index contributed by atoms with van der Waals surface area (Å²) in [6.45, 7) is 5.39. The summed E-state index contributed by atoms with van der Waals surface area (Å²) in [4.78, 5) is 2.20. The molecule has 1 aromatic carbocycles. The van der Waals surface area contributed by atoms with E-state index in [0.29, 0.717) is 26.3 Å². The van der Waals surface area contributed by atoms with Crippen molar-refractivity contribution in [3.05, 3.63) is 52.9 Å². The maximum atomic E-state index is 13.4. The maximum Gasteiger partial charge on any atom is 0.159 e. The van der Waals surface area contributed by atoms with Crippen LogP contribution in [0.4, 0.5) is 8.78 Å². The van der Waals surface area contributed by atoms with Crippen LogP contribution in [0.5, 0.6) is 0 Å². The molecule has 0 saturated heterocycles. The van der Waals surface area contributed by atoms with Gasteiger partial charge >= 0.3 is 0 Å². The molecule has 0 radical (unpaired) electrons. The Morgan fingerprint density at radius 2 is 2.13 bits per heavy atom. The molecular weight excluding hydrogens is 300 g/mol. The molecule has 0 aliphatic carbocycles. The highest BCUT2D eigenvalue weighted by Crippen LogP contribution is 2.28. The Bertz CT molecular complexity index is 686. The number of benzene rings is 1. The van der Waals surface area contributed by atoms with E-state index in [0.717, 1.165) is 17.8 Å². The van der Waals surface area contributed by atoms with Gasteiger partial charge < -0.3 is 4.74 Å². The summed E-state index contributed by atoms with van der Waals surface area (Å²) in [5.74, 6) is -1.37. The SMILES string of the molecule is CCOCC1CN(Cc2ccc(F)c(F)c2)Cc2nn(C)cc21. The predicted octanol–water partition coefficient (Wildman–Crippen LogP) is 2.83. The highest BCUT2D eigenvalue weighted by atomic mass is 19.2. The van der Waals surface area contributed by atoms with Crippen LogP contribution in [-0.2, 0) is 24.9 Å². The molecule has 3 rings (SSSR count). The third kappa shape index (κ3) is 3.59. The van der Waals surface area contributed by atoms with Crippen LogP contribution in [0.2, 0.25) is 0 Å². The summed E-state index contributed by atoms with van der Waals surface area (Å²) in [6.07, 6.45) is 2.05. The van der Waals surface area contributed by atoms with Crippen molar-refractivity contribution in [3.63, 3.8) is 0 Å². The Labute approximate surface area is 134 Å². The highest BCUT2D eigenvalue weighted by Gasteiger charge is 2.28. The van der Waals surface area contributed by atoms with Crippen molar-refractivity contribution in [3.8, 4) is 0 Å². The first kappa shape index (κ1) is 16.1. The van der Waals surface area contributed by atoms with Crippen LogP contribution in [0.3, 0.4) is 0 Å². The molecule has 1 aliphatic rings. The van der Waals surface area contributed by atoms with Gasteiger partial charge in [-0.2, -0.15) is 5.10 Å². The number of ether oxygens (including phenoxy) is 1. The van der Waals surface area contributed by atoms with Gasteiger partial charge in [0.25, 0.3) is 0 Å². The number of fused-ring (bicyclic) bond motifs is 1. The lowest BCUT2D eigenvalue weighted by Crippen LogP contribution is -2.34. The monoisotopic (exact) mass is 321 g/mol. The van der Waals surface area contributed by atoms with E-state index < -0.39 is 11.6 Å². The standard InChI is InChI=1S/C17H21F2N3O/c1-3-23-11-13-8-22(10-17-14(13)9-21(2)20-17)7-12-4-5-15(18)16(19)6-12/h4-6,9,13H,3,7-8,10-11H2,1-2H3. The number of hydrogen-bond acceptors (Lipinski definition) is 3. The Morgan fingerprint density at radius 3 is 2.87 bits per heavy atom. The van der Waals surface area contributed by atoms with Crippen LogP contribution in [-0.4, -0.2) is 34.4 Å². The summed E-state index contributed by atoms with van der Waals surface area (Å²) < 4.78 is 33.9. The highest BCUT2D eigenvalue weighted by molar-refractivity contribution is 5.26. The van der Waals surface area contributed by atoms with E-state index in [4.69, 9.17) is 4.74 Å². The van der Waals surface area contributed by atoms with Gasteiger partial charge in [-0.25, -0.2) is 8.78 Å². The second kappa shape index (κ2) is 6.76. The molecule has 4 nitrogen and oxygen atoms in total. The van der Waals surface area contributed by atoms with Gasteiger partial charge in [0, 0.05) is 51.0 Å². The van der Waals surface area contributed by atoms with Crippen LogP contribution in [0, 0.1) is 11.6 Å². The molecule has 0 N–H and O–H groups in total. The lowest BCUT2D eigenvalue weighted by atomic mass is 9.95. The first-order valence-electron chi connectivity index (χ1n) is 7.83. The van der Waals surface area contributed by atoms with Crippen LogP contribution >= 0.6 is 0 Å². The van der Waals surface area contributed by atoms with E-state index in [1.54, 1.807) is 6.07 Å². The van der Waals surface area contributed by atoms with Crippen molar-refractivity contribution < 1.29 is 13.5 Å². The van der Waals surface area contributed by atoms with Gasteiger partial charge in [-0.1, -0.05) is 6.07 Å². The zero-order chi connectivity index (χ0) is 16.4. The van der Waals surface area contributed by atoms with Gasteiger partial charge in [0.1, 0.15) is 0 Å². The average molecular weight is 321 g/mol. The quantitative estimate of drug-likeness (QED) is 0.848. The number of halogens is 2. The minimum Gasteiger partial charge on any atom is -0.381 e. The first-order chi connectivity index (χ1) is 11.1. The normalized spacial score (nSPS) is 18.2. The fourth-order valence-electron chi connectivity index (χ4n) is 3.12. The number of aromatic nitrogens is 2. The van der Waals surface area contributed by atoms with Gasteiger partial charge in [-0.05, 0) is 24.6 Å². The van der Waals surface area contributed by atoms with Crippen LogP contribution in [0.1, 0.15) is 29.7 Å². The molecule has 1 atom stereocenters. The maximum absolute atomic E-state index is 13.4. The molecular formula is C17H21F2N3O. The van der Waals surface area contributed by atoms with Crippen molar-refractivity contribution in [2.45, 2.75) is 25.9 Å². The van der Waals surface area contributed by atoms with Crippen molar-refractivity contribution >= 4 is 0 Å². The fourth-order valence-corrected chi connectivity index (χ4v) is 3.12. The molecule has 0 saturated carbocycles. The third-order valence-electron chi connectivity index (χ3n) is 4.14. The smallest absolute Gasteiger partial charge is 0.159 e. The number of nitrogens with zero attached hydrogens (tertiary/aromatic N) is 3. The third-order valence-corrected chi connectivity index (χ3v) is 4.14. The zero-order valence-electron chi connectivity index (χ0n) is 13.4. The van der Waals surface area contributed by atoms with E-state index in [-0.39, 0.29) is 5.92 Å². The van der Waals surface area contributed by atoms with Crippen LogP contribution in [0.25, 0.3) is 0 Å². The number of hydrogen-bond donors (Lipinski definition) is 0. The molecule has 2 heterocycles. The van der Waals surface area contributed by atoms with Crippen molar-refractivity contribution in [2.75, 3.05) is 19.8 Å². The molecule has 1 unspecified atom stereocenters. The second-order valence-corrected chi connectivity index (χ2v) is 5.98. The lowest BCUT2D eigenvalue weighted by molar-refractivity contribution is 0.105. The lowest BCUT2D eigenvalue weighted by Gasteiger charge is -2.32. The van der Waals surface area contributed by atoms with Gasteiger partial charge in [0.05, 0.1) is 12.3 Å². The molecule has 0 fully saturated rings. The summed E-state index contributed by atoms with van der Waals surface area (Å²) in [6, 6.07) is 4.07. The number of aryl methyl sites for hydroxylation is 1. The Hall–Kier alpha value is -1.79. The Morgan fingerprint density at radius 1 is 1.30 bits per heavy atom. The summed E-state index contributed by atoms with van der Waals surface area (Å²) in [7, 11) is 1.91. The summed E-state index contributed by atoms with van der Waals surface area (Å²) >= 11 is 0. The first-order valence-corrected chi connectivity index (χ1v) is 7.83. The predicted molar refractivity (Wildman–Crippen MR) is 82.9 cm³/mol. The Balaban J connectivity index is 1.77. The van der Waals surface area contributed by atoms with Crippen molar-refractivity contribution in [1.82, 2.24) is 14.7 Å². The molecule has 124 valence electrons. The van der Waals surface area contributed by atoms with E-state index in [2.05, 4.69) is 10.00 Å². The summed E-state index contributed by atoms with van der Waals surface area (Å²) in [5.41, 5.74) is 3.02. The molecule has 1 aromatic heterocycles. The van der Waals surface area contributed by atoms with Crippen LogP contribution in [0.15, 0.2) is 24.4 Å².